The van der Waals surface area contributed by atoms with Gasteiger partial charge in [-0.2, -0.15) is 0 Å². The molecule has 0 unspecified atom stereocenters. The molecule has 2 rings (SSSR count). The van der Waals surface area contributed by atoms with Gasteiger partial charge >= 0.3 is 5.97 Å². The monoisotopic (exact) mass is 259 g/mol. The molecule has 1 aliphatic rings. The molecule has 0 amide bonds. The molecule has 1 aliphatic heterocycles. The number of carboxylic acid groups (broad SMARTS) is 1. The summed E-state index contributed by atoms with van der Waals surface area (Å²) in [5.74, 6) is -0.958. The van der Waals surface area contributed by atoms with Crippen molar-refractivity contribution < 1.29 is 18.3 Å². The van der Waals surface area contributed by atoms with Gasteiger partial charge in [-0.1, -0.05) is 5.21 Å². The number of hydrogen-bond donors (Lipinski definition) is 1. The van der Waals surface area contributed by atoms with E-state index in [4.69, 9.17) is 5.11 Å². The Morgan fingerprint density at radius 1 is 1.41 bits per heavy atom. The molecule has 0 radical (unpaired) electrons. The first kappa shape index (κ1) is 12.0. The van der Waals surface area contributed by atoms with Crippen molar-refractivity contribution in [2.45, 2.75) is 24.8 Å². The second-order valence-electron chi connectivity index (χ2n) is 4.29. The van der Waals surface area contributed by atoms with Crippen LogP contribution in [-0.2, 0) is 20.2 Å². The Morgan fingerprint density at radius 3 is 2.53 bits per heavy atom. The lowest BCUT2D eigenvalue weighted by atomic mass is 9.88. The zero-order valence-electron chi connectivity index (χ0n) is 9.11. The average Bonchev–Trinajstić information content (AvgIpc) is 2.75. The maximum absolute atomic E-state index is 11.4. The lowest BCUT2D eigenvalue weighted by molar-refractivity contribution is -0.139. The Morgan fingerprint density at radius 2 is 2.06 bits per heavy atom. The van der Waals surface area contributed by atoms with Gasteiger partial charge in [0.05, 0.1) is 29.7 Å². The lowest BCUT2D eigenvalue weighted by Gasteiger charge is -2.35. The summed E-state index contributed by atoms with van der Waals surface area (Å²) in [6, 6.07) is 0. The Labute approximate surface area is 98.4 Å². The van der Waals surface area contributed by atoms with Crippen molar-refractivity contribution in [3.05, 3.63) is 12.4 Å². The van der Waals surface area contributed by atoms with Crippen LogP contribution in [0.4, 0.5) is 0 Å². The quantitative estimate of drug-likeness (QED) is 0.796. The first-order chi connectivity index (χ1) is 7.94. The van der Waals surface area contributed by atoms with Gasteiger partial charge in [0.15, 0.2) is 9.84 Å². The standard InChI is InChI=1S/C9H13N3O4S/c13-8(14)7-9(12-4-3-10-11-12)1-5-17(15,16)6-2-9/h3-4H,1-2,5-7H2,(H,13,14). The zero-order chi connectivity index (χ0) is 12.5. The average molecular weight is 259 g/mol. The van der Waals surface area contributed by atoms with Crippen molar-refractivity contribution in [2.24, 2.45) is 0 Å². The Kier molecular flexibility index (Phi) is 2.90. The molecule has 0 atom stereocenters. The fraction of sp³-hybridized carbons (Fsp3) is 0.667. The third kappa shape index (κ3) is 2.46. The summed E-state index contributed by atoms with van der Waals surface area (Å²) in [5.41, 5.74) is -0.756. The van der Waals surface area contributed by atoms with Gasteiger partial charge in [0, 0.05) is 6.20 Å². The number of aliphatic carboxylic acids is 1. The molecular weight excluding hydrogens is 246 g/mol. The van der Waals surface area contributed by atoms with Gasteiger partial charge < -0.3 is 5.11 Å². The maximum atomic E-state index is 11.4. The van der Waals surface area contributed by atoms with E-state index in [0.717, 1.165) is 0 Å². The van der Waals surface area contributed by atoms with Crippen molar-refractivity contribution in [1.29, 1.82) is 0 Å². The van der Waals surface area contributed by atoms with Crippen LogP contribution in [0.2, 0.25) is 0 Å². The number of aromatic nitrogens is 3. The number of hydrogen-bond acceptors (Lipinski definition) is 5. The molecule has 1 aromatic heterocycles. The summed E-state index contributed by atoms with van der Waals surface area (Å²) in [6.45, 7) is 0. The van der Waals surface area contributed by atoms with Crippen molar-refractivity contribution >= 4 is 15.8 Å². The summed E-state index contributed by atoms with van der Waals surface area (Å²) in [4.78, 5) is 10.9. The molecule has 0 bridgehead atoms. The lowest BCUT2D eigenvalue weighted by Crippen LogP contribution is -2.44. The molecule has 8 heteroatoms. The number of rotatable bonds is 3. The third-order valence-electron chi connectivity index (χ3n) is 3.15. The smallest absolute Gasteiger partial charge is 0.305 e. The van der Waals surface area contributed by atoms with E-state index < -0.39 is 21.3 Å². The van der Waals surface area contributed by atoms with Gasteiger partial charge in [-0.15, -0.1) is 5.10 Å². The molecule has 94 valence electrons. The molecule has 0 spiro atoms. The fourth-order valence-electron chi connectivity index (χ4n) is 2.15. The second kappa shape index (κ2) is 4.10. The summed E-state index contributed by atoms with van der Waals surface area (Å²) >= 11 is 0. The van der Waals surface area contributed by atoms with E-state index in [0.29, 0.717) is 0 Å². The summed E-state index contributed by atoms with van der Waals surface area (Å²) in [6.07, 6.45) is 3.45. The van der Waals surface area contributed by atoms with Crippen LogP contribution < -0.4 is 0 Å². The molecule has 1 N–H and O–H groups in total. The Balaban J connectivity index is 2.30. The van der Waals surface area contributed by atoms with Crippen LogP contribution in [0.3, 0.4) is 0 Å². The molecule has 0 aromatic carbocycles. The Bertz CT molecular complexity index is 494. The SMILES string of the molecule is O=C(O)CC1(n2ccnn2)CCS(=O)(=O)CC1. The van der Waals surface area contributed by atoms with E-state index in [1.807, 2.05) is 0 Å². The summed E-state index contributed by atoms with van der Waals surface area (Å²) < 4.78 is 24.3. The van der Waals surface area contributed by atoms with E-state index in [9.17, 15) is 13.2 Å². The van der Waals surface area contributed by atoms with Crippen LogP contribution in [0, 0.1) is 0 Å². The highest BCUT2D eigenvalue weighted by molar-refractivity contribution is 7.91. The number of nitrogens with zero attached hydrogens (tertiary/aromatic N) is 3. The molecule has 0 saturated carbocycles. The third-order valence-corrected chi connectivity index (χ3v) is 4.80. The van der Waals surface area contributed by atoms with E-state index in [1.165, 1.54) is 10.9 Å². The van der Waals surface area contributed by atoms with Gasteiger partial charge in [-0.05, 0) is 12.8 Å². The topological polar surface area (TPSA) is 102 Å². The highest BCUT2D eigenvalue weighted by Crippen LogP contribution is 2.33. The molecule has 1 saturated heterocycles. The van der Waals surface area contributed by atoms with Crippen LogP contribution in [0.25, 0.3) is 0 Å². The van der Waals surface area contributed by atoms with Crippen LogP contribution in [0.5, 0.6) is 0 Å². The summed E-state index contributed by atoms with van der Waals surface area (Å²) in [7, 11) is -3.04. The molecule has 0 aliphatic carbocycles. The second-order valence-corrected chi connectivity index (χ2v) is 6.60. The fourth-order valence-corrected chi connectivity index (χ4v) is 3.73. The zero-order valence-corrected chi connectivity index (χ0v) is 9.93. The first-order valence-electron chi connectivity index (χ1n) is 5.23. The number of carbonyl (C=O) groups is 1. The Hall–Kier alpha value is -1.44. The predicted octanol–water partition coefficient (Wildman–Crippen LogP) is -0.343. The largest absolute Gasteiger partial charge is 0.481 e. The van der Waals surface area contributed by atoms with E-state index in [1.54, 1.807) is 6.20 Å². The minimum Gasteiger partial charge on any atom is -0.481 e. The molecular formula is C9H13N3O4S. The van der Waals surface area contributed by atoms with E-state index in [-0.39, 0.29) is 30.8 Å². The minimum atomic E-state index is -3.04. The highest BCUT2D eigenvalue weighted by Gasteiger charge is 2.41. The van der Waals surface area contributed by atoms with Gasteiger partial charge in [-0.25, -0.2) is 13.1 Å². The summed E-state index contributed by atoms with van der Waals surface area (Å²) in [5, 5.41) is 16.4. The minimum absolute atomic E-state index is 0.000139. The van der Waals surface area contributed by atoms with Crippen LogP contribution >= 0.6 is 0 Å². The molecule has 2 heterocycles. The van der Waals surface area contributed by atoms with Crippen molar-refractivity contribution in [3.8, 4) is 0 Å². The predicted molar refractivity (Wildman–Crippen MR) is 58.1 cm³/mol. The highest BCUT2D eigenvalue weighted by atomic mass is 32.2. The van der Waals surface area contributed by atoms with Crippen molar-refractivity contribution in [1.82, 2.24) is 15.0 Å². The van der Waals surface area contributed by atoms with Crippen LogP contribution in [-0.4, -0.2) is 46.0 Å². The molecule has 7 nitrogen and oxygen atoms in total. The van der Waals surface area contributed by atoms with Gasteiger partial charge in [0.25, 0.3) is 0 Å². The molecule has 1 aromatic rings. The van der Waals surface area contributed by atoms with Crippen molar-refractivity contribution in [3.63, 3.8) is 0 Å². The molecule has 17 heavy (non-hydrogen) atoms. The first-order valence-corrected chi connectivity index (χ1v) is 7.05. The number of sulfone groups is 1. The number of carboxylic acids is 1. The van der Waals surface area contributed by atoms with E-state index >= 15 is 0 Å². The van der Waals surface area contributed by atoms with Gasteiger partial charge in [-0.3, -0.25) is 4.79 Å². The van der Waals surface area contributed by atoms with Crippen LogP contribution in [0.1, 0.15) is 19.3 Å². The van der Waals surface area contributed by atoms with Gasteiger partial charge in [0.1, 0.15) is 0 Å². The van der Waals surface area contributed by atoms with E-state index in [2.05, 4.69) is 10.3 Å². The maximum Gasteiger partial charge on any atom is 0.305 e. The van der Waals surface area contributed by atoms with Gasteiger partial charge in [0.2, 0.25) is 0 Å². The molecule has 1 fully saturated rings. The van der Waals surface area contributed by atoms with Crippen molar-refractivity contribution in [2.75, 3.05) is 11.5 Å². The van der Waals surface area contributed by atoms with Crippen LogP contribution in [0.15, 0.2) is 12.4 Å². The normalized spacial score (nSPS) is 22.1.